The van der Waals surface area contributed by atoms with Crippen molar-refractivity contribution in [3.8, 4) is 11.3 Å². The minimum Gasteiger partial charge on any atom is -0.322 e. The number of halogens is 6. The van der Waals surface area contributed by atoms with Crippen LogP contribution in [0.15, 0.2) is 73.2 Å². The zero-order valence-electron chi connectivity index (χ0n) is 19.9. The monoisotopic (exact) mass is 545 g/mol. The summed E-state index contributed by atoms with van der Waals surface area (Å²) in [4.78, 5) is 36.9. The van der Waals surface area contributed by atoms with Crippen molar-refractivity contribution in [3.05, 3.63) is 101 Å². The highest BCUT2D eigenvalue weighted by molar-refractivity contribution is 6.04. The molecule has 0 fully saturated rings. The number of amides is 2. The summed E-state index contributed by atoms with van der Waals surface area (Å²) in [5, 5.41) is 4.86. The van der Waals surface area contributed by atoms with Crippen LogP contribution in [0.4, 0.5) is 38.0 Å². The lowest BCUT2D eigenvalue weighted by Gasteiger charge is -2.14. The van der Waals surface area contributed by atoms with Crippen molar-refractivity contribution in [3.63, 3.8) is 0 Å². The number of nitrogens with zero attached hydrogens (tertiary/aromatic N) is 3. The third-order valence-corrected chi connectivity index (χ3v) is 5.39. The Morgan fingerprint density at radius 3 is 1.95 bits per heavy atom. The lowest BCUT2D eigenvalue weighted by atomic mass is 10.0. The second kappa shape index (κ2) is 10.5. The van der Waals surface area contributed by atoms with Crippen molar-refractivity contribution in [1.82, 2.24) is 15.0 Å². The van der Waals surface area contributed by atoms with E-state index in [0.717, 1.165) is 0 Å². The summed E-state index contributed by atoms with van der Waals surface area (Å²) < 4.78 is 78.9. The number of alkyl halides is 6. The number of nitrogens with one attached hydrogen (secondary N) is 2. The number of carbonyl (C=O) groups excluding carboxylic acids is 2. The van der Waals surface area contributed by atoms with Crippen LogP contribution < -0.4 is 10.6 Å². The van der Waals surface area contributed by atoms with Crippen molar-refractivity contribution in [2.24, 2.45) is 0 Å². The van der Waals surface area contributed by atoms with E-state index in [0.29, 0.717) is 40.2 Å². The molecule has 200 valence electrons. The summed E-state index contributed by atoms with van der Waals surface area (Å²) >= 11 is 0. The summed E-state index contributed by atoms with van der Waals surface area (Å²) in [6.07, 6.45) is -5.93. The van der Waals surface area contributed by atoms with Crippen LogP contribution in [-0.4, -0.2) is 26.8 Å². The molecule has 2 aromatic heterocycles. The first-order valence-electron chi connectivity index (χ1n) is 11.1. The molecule has 0 unspecified atom stereocenters. The van der Waals surface area contributed by atoms with E-state index < -0.39 is 35.0 Å². The van der Waals surface area contributed by atoms with Gasteiger partial charge >= 0.3 is 12.4 Å². The quantitative estimate of drug-likeness (QED) is 0.284. The van der Waals surface area contributed by atoms with Gasteiger partial charge in [0.25, 0.3) is 11.8 Å². The van der Waals surface area contributed by atoms with Gasteiger partial charge in [-0.1, -0.05) is 12.1 Å². The zero-order valence-corrected chi connectivity index (χ0v) is 19.9. The van der Waals surface area contributed by atoms with Gasteiger partial charge in [0, 0.05) is 35.4 Å². The average Bonchev–Trinajstić information content (AvgIpc) is 2.89. The molecule has 2 heterocycles. The molecule has 39 heavy (non-hydrogen) atoms. The molecule has 0 saturated heterocycles. The van der Waals surface area contributed by atoms with E-state index in [4.69, 9.17) is 0 Å². The standard InChI is InChI=1S/C26H17F6N5O2/c1-14-12-34-24(37-23(39)17-9-18(25(27,28)29)11-19(10-17)26(30,31)32)36-21(14)15-4-6-20(7-5-15)35-22(38)16-3-2-8-33-13-16/h2-13H,1H3,(H,35,38)(H,34,36,37,39). The smallest absolute Gasteiger partial charge is 0.322 e. The van der Waals surface area contributed by atoms with Crippen LogP contribution in [0.1, 0.15) is 37.4 Å². The number of rotatable bonds is 5. The van der Waals surface area contributed by atoms with Gasteiger partial charge in [0.1, 0.15) is 0 Å². The van der Waals surface area contributed by atoms with Gasteiger partial charge < -0.3 is 5.32 Å². The van der Waals surface area contributed by atoms with Crippen LogP contribution in [0.3, 0.4) is 0 Å². The normalized spacial score (nSPS) is 11.7. The highest BCUT2D eigenvalue weighted by Gasteiger charge is 2.37. The molecule has 0 atom stereocenters. The lowest BCUT2D eigenvalue weighted by molar-refractivity contribution is -0.143. The highest BCUT2D eigenvalue weighted by atomic mass is 19.4. The van der Waals surface area contributed by atoms with Crippen LogP contribution in [0.5, 0.6) is 0 Å². The summed E-state index contributed by atoms with van der Waals surface area (Å²) in [6.45, 7) is 1.67. The fraction of sp³-hybridized carbons (Fsp3) is 0.115. The molecule has 0 radical (unpaired) electrons. The Balaban J connectivity index is 1.56. The van der Waals surface area contributed by atoms with Crippen LogP contribution in [0.25, 0.3) is 11.3 Å². The van der Waals surface area contributed by atoms with E-state index in [2.05, 4.69) is 25.6 Å². The molecule has 0 aliphatic carbocycles. The molecule has 0 aliphatic rings. The molecule has 13 heteroatoms. The minimum absolute atomic E-state index is 0.0694. The van der Waals surface area contributed by atoms with Gasteiger partial charge in [-0.05, 0) is 55.0 Å². The fourth-order valence-electron chi connectivity index (χ4n) is 3.47. The van der Waals surface area contributed by atoms with Gasteiger partial charge in [-0.25, -0.2) is 9.97 Å². The van der Waals surface area contributed by atoms with Gasteiger partial charge in [0.2, 0.25) is 5.95 Å². The van der Waals surface area contributed by atoms with Crippen molar-refractivity contribution in [2.45, 2.75) is 19.3 Å². The third-order valence-electron chi connectivity index (χ3n) is 5.39. The first-order valence-corrected chi connectivity index (χ1v) is 11.1. The summed E-state index contributed by atoms with van der Waals surface area (Å²) in [5.41, 5.74) is -1.83. The van der Waals surface area contributed by atoms with E-state index in [9.17, 15) is 35.9 Å². The number of aromatic nitrogens is 3. The van der Waals surface area contributed by atoms with Crippen molar-refractivity contribution in [2.75, 3.05) is 10.6 Å². The van der Waals surface area contributed by atoms with E-state index in [1.807, 2.05) is 0 Å². The molecule has 4 rings (SSSR count). The number of benzene rings is 2. The Hall–Kier alpha value is -4.81. The highest BCUT2D eigenvalue weighted by Crippen LogP contribution is 2.36. The molecule has 2 aromatic carbocycles. The van der Waals surface area contributed by atoms with Gasteiger partial charge in [0.05, 0.1) is 22.4 Å². The molecule has 4 aromatic rings. The number of aryl methyl sites for hydroxylation is 1. The number of carbonyl (C=O) groups is 2. The van der Waals surface area contributed by atoms with Crippen LogP contribution in [0, 0.1) is 6.92 Å². The van der Waals surface area contributed by atoms with Crippen molar-refractivity contribution >= 4 is 23.5 Å². The molecule has 2 N–H and O–H groups in total. The van der Waals surface area contributed by atoms with Crippen LogP contribution >= 0.6 is 0 Å². The number of hydrogen-bond acceptors (Lipinski definition) is 5. The Bertz CT molecular complexity index is 1490. The topological polar surface area (TPSA) is 96.9 Å². The first kappa shape index (κ1) is 27.2. The Labute approximate surface area is 217 Å². The van der Waals surface area contributed by atoms with E-state index in [-0.39, 0.29) is 17.9 Å². The molecule has 0 saturated carbocycles. The maximum Gasteiger partial charge on any atom is 0.416 e. The Morgan fingerprint density at radius 1 is 0.769 bits per heavy atom. The maximum absolute atomic E-state index is 13.1. The lowest BCUT2D eigenvalue weighted by Crippen LogP contribution is -2.18. The fourth-order valence-corrected chi connectivity index (χ4v) is 3.47. The minimum atomic E-state index is -5.10. The van der Waals surface area contributed by atoms with Crippen LogP contribution in [-0.2, 0) is 12.4 Å². The van der Waals surface area contributed by atoms with E-state index >= 15 is 0 Å². The number of pyridine rings is 1. The Morgan fingerprint density at radius 2 is 1.38 bits per heavy atom. The third kappa shape index (κ3) is 6.55. The molecule has 7 nitrogen and oxygen atoms in total. The molecular formula is C26H17F6N5O2. The van der Waals surface area contributed by atoms with Gasteiger partial charge in [-0.15, -0.1) is 0 Å². The van der Waals surface area contributed by atoms with Crippen LogP contribution in [0.2, 0.25) is 0 Å². The summed E-state index contributed by atoms with van der Waals surface area (Å²) in [5.74, 6) is -1.96. The van der Waals surface area contributed by atoms with Gasteiger partial charge in [0.15, 0.2) is 0 Å². The molecule has 2 amide bonds. The van der Waals surface area contributed by atoms with Gasteiger partial charge in [-0.3, -0.25) is 19.9 Å². The van der Waals surface area contributed by atoms with Crippen molar-refractivity contribution < 1.29 is 35.9 Å². The zero-order chi connectivity index (χ0) is 28.4. The summed E-state index contributed by atoms with van der Waals surface area (Å²) in [7, 11) is 0. The largest absolute Gasteiger partial charge is 0.416 e. The maximum atomic E-state index is 13.1. The first-order chi connectivity index (χ1) is 18.3. The predicted octanol–water partition coefficient (Wildman–Crippen LogP) is 6.39. The molecule has 0 spiro atoms. The second-order valence-corrected chi connectivity index (χ2v) is 8.25. The Kier molecular flexibility index (Phi) is 7.34. The van der Waals surface area contributed by atoms with Gasteiger partial charge in [-0.2, -0.15) is 26.3 Å². The summed E-state index contributed by atoms with van der Waals surface area (Å²) in [6, 6.07) is 10.2. The predicted molar refractivity (Wildman–Crippen MR) is 129 cm³/mol. The molecule has 0 aliphatic heterocycles. The van der Waals surface area contributed by atoms with E-state index in [1.54, 1.807) is 43.3 Å². The number of anilines is 2. The second-order valence-electron chi connectivity index (χ2n) is 8.25. The number of hydrogen-bond donors (Lipinski definition) is 2. The average molecular weight is 545 g/mol. The SMILES string of the molecule is Cc1cnc(NC(=O)c2cc(C(F)(F)F)cc(C(F)(F)F)c2)nc1-c1ccc(NC(=O)c2cccnc2)cc1. The molecule has 0 bridgehead atoms. The molecular weight excluding hydrogens is 528 g/mol. The van der Waals surface area contributed by atoms with Crippen molar-refractivity contribution in [1.29, 1.82) is 0 Å². The van der Waals surface area contributed by atoms with E-state index in [1.165, 1.54) is 18.6 Å².